The molecule has 0 spiro atoms. The zero-order valence-corrected chi connectivity index (χ0v) is 20.6. The highest BCUT2D eigenvalue weighted by Gasteiger charge is 2.08. The van der Waals surface area contributed by atoms with Crippen molar-refractivity contribution in [2.24, 2.45) is 5.92 Å². The number of hydrogen-bond donors (Lipinski definition) is 0. The van der Waals surface area contributed by atoms with E-state index in [1.807, 2.05) is 0 Å². The van der Waals surface area contributed by atoms with Crippen LogP contribution in [0.1, 0.15) is 129 Å². The van der Waals surface area contributed by atoms with Gasteiger partial charge in [0.1, 0.15) is 0 Å². The maximum absolute atomic E-state index is 11.3. The Hall–Kier alpha value is -1.50. The second-order valence-corrected chi connectivity index (χ2v) is 8.59. The van der Waals surface area contributed by atoms with Crippen molar-refractivity contribution >= 4 is 11.9 Å². The molecule has 0 aliphatic carbocycles. The Morgan fingerprint density at radius 2 is 1.10 bits per heavy atom. The molecule has 0 bridgehead atoms. The third kappa shape index (κ3) is 21.5. The molecular formula is C27H48O4. The molecule has 0 heterocycles. The average molecular weight is 437 g/mol. The summed E-state index contributed by atoms with van der Waals surface area (Å²) in [5.74, 6) is 6.96. The van der Waals surface area contributed by atoms with Gasteiger partial charge >= 0.3 is 11.9 Å². The van der Waals surface area contributed by atoms with Crippen molar-refractivity contribution in [1.29, 1.82) is 0 Å². The lowest BCUT2D eigenvalue weighted by Crippen LogP contribution is -2.03. The molecule has 0 aliphatic heterocycles. The molecule has 4 nitrogen and oxygen atoms in total. The van der Waals surface area contributed by atoms with Crippen LogP contribution in [0.3, 0.4) is 0 Å². The zero-order chi connectivity index (χ0) is 23.0. The van der Waals surface area contributed by atoms with E-state index in [0.717, 1.165) is 44.9 Å². The first-order valence-electron chi connectivity index (χ1n) is 12.8. The summed E-state index contributed by atoms with van der Waals surface area (Å²) in [5.41, 5.74) is 0. The van der Waals surface area contributed by atoms with Crippen LogP contribution in [-0.4, -0.2) is 26.2 Å². The van der Waals surface area contributed by atoms with E-state index < -0.39 is 0 Å². The van der Waals surface area contributed by atoms with Crippen molar-refractivity contribution in [2.75, 3.05) is 14.2 Å². The third-order valence-electron chi connectivity index (χ3n) is 5.78. The first-order valence-corrected chi connectivity index (χ1v) is 12.8. The fourth-order valence-electron chi connectivity index (χ4n) is 3.73. The van der Waals surface area contributed by atoms with E-state index in [-0.39, 0.29) is 11.9 Å². The highest BCUT2D eigenvalue weighted by Crippen LogP contribution is 2.18. The van der Waals surface area contributed by atoms with Gasteiger partial charge in [-0.1, -0.05) is 83.5 Å². The standard InChI is InChI=1S/C27H48O4/c1-4-5-6-7-8-9-10-11-12-13-14-15-20-25(21-16-18-23-26(28)30-2)22-17-19-24-27(29)31-3/h25H,4-14,16-19,21-24H2,1-3H3. The molecule has 31 heavy (non-hydrogen) atoms. The van der Waals surface area contributed by atoms with Gasteiger partial charge in [-0.3, -0.25) is 9.59 Å². The molecule has 0 rings (SSSR count). The number of esters is 2. The highest BCUT2D eigenvalue weighted by atomic mass is 16.5. The van der Waals surface area contributed by atoms with Gasteiger partial charge in [0.05, 0.1) is 14.2 Å². The van der Waals surface area contributed by atoms with E-state index in [9.17, 15) is 9.59 Å². The third-order valence-corrected chi connectivity index (χ3v) is 5.78. The summed E-state index contributed by atoms with van der Waals surface area (Å²) in [7, 11) is 2.87. The maximum atomic E-state index is 11.3. The van der Waals surface area contributed by atoms with Gasteiger partial charge in [-0.25, -0.2) is 0 Å². The maximum Gasteiger partial charge on any atom is 0.305 e. The Bertz CT molecular complexity index is 465. The zero-order valence-electron chi connectivity index (χ0n) is 20.6. The van der Waals surface area contributed by atoms with E-state index in [4.69, 9.17) is 9.47 Å². The Labute approximate surface area is 192 Å². The van der Waals surface area contributed by atoms with Crippen LogP contribution in [0.4, 0.5) is 0 Å². The lowest BCUT2D eigenvalue weighted by molar-refractivity contribution is -0.141. The van der Waals surface area contributed by atoms with E-state index in [0.29, 0.717) is 18.8 Å². The molecule has 180 valence electrons. The number of methoxy groups -OCH3 is 2. The Morgan fingerprint density at radius 1 is 0.645 bits per heavy atom. The molecule has 0 amide bonds. The van der Waals surface area contributed by atoms with Crippen molar-refractivity contribution in [3.63, 3.8) is 0 Å². The normalized spacial score (nSPS) is 10.6. The summed E-state index contributed by atoms with van der Waals surface area (Å²) in [5, 5.41) is 0. The lowest BCUT2D eigenvalue weighted by Gasteiger charge is -2.10. The molecule has 0 aliphatic rings. The van der Waals surface area contributed by atoms with Crippen LogP contribution in [0.5, 0.6) is 0 Å². The Morgan fingerprint density at radius 3 is 1.55 bits per heavy atom. The van der Waals surface area contributed by atoms with Gasteiger partial charge < -0.3 is 9.47 Å². The monoisotopic (exact) mass is 436 g/mol. The Kier molecular flexibility index (Phi) is 22.0. The summed E-state index contributed by atoms with van der Waals surface area (Å²) in [6.45, 7) is 2.27. The fraction of sp³-hybridized carbons (Fsp3) is 0.852. The Balaban J connectivity index is 4.00. The van der Waals surface area contributed by atoms with E-state index >= 15 is 0 Å². The van der Waals surface area contributed by atoms with Crippen LogP contribution in [0.15, 0.2) is 0 Å². The molecule has 0 saturated carbocycles. The van der Waals surface area contributed by atoms with Crippen molar-refractivity contribution < 1.29 is 19.1 Å². The minimum absolute atomic E-state index is 0.137. The fourth-order valence-corrected chi connectivity index (χ4v) is 3.73. The molecular weight excluding hydrogens is 388 g/mol. The molecule has 0 unspecified atom stereocenters. The van der Waals surface area contributed by atoms with Crippen LogP contribution < -0.4 is 0 Å². The first-order chi connectivity index (χ1) is 15.1. The smallest absolute Gasteiger partial charge is 0.305 e. The van der Waals surface area contributed by atoms with Crippen LogP contribution in [0, 0.1) is 17.8 Å². The topological polar surface area (TPSA) is 52.6 Å². The summed E-state index contributed by atoms with van der Waals surface area (Å²) < 4.78 is 9.42. The van der Waals surface area contributed by atoms with Crippen LogP contribution >= 0.6 is 0 Å². The molecule has 0 atom stereocenters. The SMILES string of the molecule is CCCCCCCCCCCCC#CC(CCCCC(=O)OC)CCCCC(=O)OC. The summed E-state index contributed by atoms with van der Waals surface area (Å²) in [4.78, 5) is 22.5. The number of rotatable bonds is 20. The van der Waals surface area contributed by atoms with Crippen molar-refractivity contribution in [3.05, 3.63) is 0 Å². The van der Waals surface area contributed by atoms with E-state index in [1.165, 1.54) is 78.4 Å². The van der Waals surface area contributed by atoms with Crippen LogP contribution in [-0.2, 0) is 19.1 Å². The number of hydrogen-bond acceptors (Lipinski definition) is 4. The van der Waals surface area contributed by atoms with Crippen molar-refractivity contribution in [1.82, 2.24) is 0 Å². The predicted molar refractivity (Wildman–Crippen MR) is 129 cm³/mol. The minimum atomic E-state index is -0.137. The summed E-state index contributed by atoms with van der Waals surface area (Å²) >= 11 is 0. The van der Waals surface area contributed by atoms with Gasteiger partial charge in [0.25, 0.3) is 0 Å². The van der Waals surface area contributed by atoms with Crippen molar-refractivity contribution in [3.8, 4) is 11.8 Å². The molecule has 0 aromatic carbocycles. The van der Waals surface area contributed by atoms with Gasteiger partial charge in [-0.2, -0.15) is 0 Å². The number of unbranched alkanes of at least 4 members (excludes halogenated alkanes) is 12. The molecule has 0 N–H and O–H groups in total. The van der Waals surface area contributed by atoms with Gasteiger partial charge in [0.2, 0.25) is 0 Å². The van der Waals surface area contributed by atoms with Gasteiger partial charge in [0.15, 0.2) is 0 Å². The molecule has 0 saturated heterocycles. The van der Waals surface area contributed by atoms with E-state index in [2.05, 4.69) is 18.8 Å². The second kappa shape index (κ2) is 23.2. The van der Waals surface area contributed by atoms with Gasteiger partial charge in [-0.15, -0.1) is 5.92 Å². The first kappa shape index (κ1) is 29.5. The van der Waals surface area contributed by atoms with Gasteiger partial charge in [-0.05, 0) is 32.1 Å². The predicted octanol–water partition coefficient (Wildman–Crippen LogP) is 7.38. The molecule has 0 fully saturated rings. The lowest BCUT2D eigenvalue weighted by atomic mass is 9.95. The quantitative estimate of drug-likeness (QED) is 0.113. The summed E-state index contributed by atoms with van der Waals surface area (Å²) in [6, 6.07) is 0. The largest absolute Gasteiger partial charge is 0.469 e. The highest BCUT2D eigenvalue weighted by molar-refractivity contribution is 5.69. The van der Waals surface area contributed by atoms with E-state index in [1.54, 1.807) is 0 Å². The second-order valence-electron chi connectivity index (χ2n) is 8.59. The van der Waals surface area contributed by atoms with Crippen LogP contribution in [0.2, 0.25) is 0 Å². The summed E-state index contributed by atoms with van der Waals surface area (Å²) in [6.07, 6.45) is 21.1. The molecule has 0 aromatic rings. The number of carbonyl (C=O) groups excluding carboxylic acids is 2. The minimum Gasteiger partial charge on any atom is -0.469 e. The van der Waals surface area contributed by atoms with Gasteiger partial charge in [0, 0.05) is 25.2 Å². The average Bonchev–Trinajstić information content (AvgIpc) is 2.78. The molecule has 0 aromatic heterocycles. The molecule has 4 heteroatoms. The van der Waals surface area contributed by atoms with Crippen LogP contribution in [0.25, 0.3) is 0 Å². The number of carbonyl (C=O) groups is 2. The van der Waals surface area contributed by atoms with Crippen molar-refractivity contribution in [2.45, 2.75) is 129 Å². The number of ether oxygens (including phenoxy) is 2. The molecule has 0 radical (unpaired) electrons.